The van der Waals surface area contributed by atoms with E-state index in [0.29, 0.717) is 0 Å². The summed E-state index contributed by atoms with van der Waals surface area (Å²) < 4.78 is 5.44. The SMILES string of the molecule is O=C1OC(c2ccccc2)=C2CCCC[C@H]12. The third-order valence-electron chi connectivity index (χ3n) is 3.42. The number of esters is 1. The van der Waals surface area contributed by atoms with Crippen LogP contribution in [0, 0.1) is 5.92 Å². The van der Waals surface area contributed by atoms with E-state index >= 15 is 0 Å². The highest BCUT2D eigenvalue weighted by Crippen LogP contribution is 2.41. The molecule has 82 valence electrons. The lowest BCUT2D eigenvalue weighted by molar-refractivity contribution is -0.138. The zero-order valence-electron chi connectivity index (χ0n) is 9.11. The van der Waals surface area contributed by atoms with Crippen LogP contribution in [0.3, 0.4) is 0 Å². The standard InChI is InChI=1S/C14H14O2/c15-14-12-9-5-4-8-11(12)13(16-14)10-6-2-1-3-7-10/h1-3,6-7,12H,4-5,8-9H2/t12-/m0/s1. The van der Waals surface area contributed by atoms with Crippen molar-refractivity contribution in [3.05, 3.63) is 41.5 Å². The molecule has 0 aromatic heterocycles. The molecule has 1 aliphatic heterocycles. The highest BCUT2D eigenvalue weighted by molar-refractivity contribution is 5.90. The molecule has 1 atom stereocenters. The summed E-state index contributed by atoms with van der Waals surface area (Å²) in [6, 6.07) is 9.95. The number of rotatable bonds is 1. The van der Waals surface area contributed by atoms with Gasteiger partial charge in [0.05, 0.1) is 5.92 Å². The van der Waals surface area contributed by atoms with Crippen LogP contribution in [-0.2, 0) is 9.53 Å². The van der Waals surface area contributed by atoms with Gasteiger partial charge in [-0.1, -0.05) is 36.8 Å². The maximum absolute atomic E-state index is 11.7. The fourth-order valence-electron chi connectivity index (χ4n) is 2.62. The number of carbonyl (C=O) groups is 1. The quantitative estimate of drug-likeness (QED) is 0.671. The van der Waals surface area contributed by atoms with Crippen LogP contribution in [0.25, 0.3) is 5.76 Å². The predicted molar refractivity (Wildman–Crippen MR) is 61.4 cm³/mol. The Labute approximate surface area is 94.9 Å². The van der Waals surface area contributed by atoms with Crippen LogP contribution in [-0.4, -0.2) is 5.97 Å². The van der Waals surface area contributed by atoms with Crippen LogP contribution in [0.1, 0.15) is 31.2 Å². The zero-order valence-corrected chi connectivity index (χ0v) is 9.11. The first-order valence-corrected chi connectivity index (χ1v) is 5.86. The molecule has 0 N–H and O–H groups in total. The third-order valence-corrected chi connectivity index (χ3v) is 3.42. The van der Waals surface area contributed by atoms with Gasteiger partial charge in [0, 0.05) is 5.56 Å². The van der Waals surface area contributed by atoms with Crippen molar-refractivity contribution in [3.63, 3.8) is 0 Å². The normalized spacial score (nSPS) is 24.2. The molecule has 2 aliphatic rings. The van der Waals surface area contributed by atoms with E-state index in [1.54, 1.807) is 0 Å². The first-order chi connectivity index (χ1) is 7.86. The van der Waals surface area contributed by atoms with Crippen molar-refractivity contribution in [1.82, 2.24) is 0 Å². The minimum atomic E-state index is -0.0476. The van der Waals surface area contributed by atoms with E-state index in [9.17, 15) is 4.79 Å². The Hall–Kier alpha value is -1.57. The second-order valence-corrected chi connectivity index (χ2v) is 4.44. The van der Waals surface area contributed by atoms with E-state index < -0.39 is 0 Å². The van der Waals surface area contributed by atoms with E-state index in [0.717, 1.165) is 30.6 Å². The summed E-state index contributed by atoms with van der Waals surface area (Å²) >= 11 is 0. The summed E-state index contributed by atoms with van der Waals surface area (Å²) in [5.41, 5.74) is 2.26. The first kappa shape index (κ1) is 9.64. The van der Waals surface area contributed by atoms with Crippen molar-refractivity contribution >= 4 is 11.7 Å². The van der Waals surface area contributed by atoms with Crippen LogP contribution >= 0.6 is 0 Å². The average Bonchev–Trinajstić information content (AvgIpc) is 2.69. The van der Waals surface area contributed by atoms with Gasteiger partial charge in [0.2, 0.25) is 0 Å². The number of carbonyl (C=O) groups excluding carboxylic acids is 1. The van der Waals surface area contributed by atoms with Crippen molar-refractivity contribution < 1.29 is 9.53 Å². The van der Waals surface area contributed by atoms with E-state index in [-0.39, 0.29) is 11.9 Å². The molecule has 3 rings (SSSR count). The van der Waals surface area contributed by atoms with Crippen LogP contribution in [0.15, 0.2) is 35.9 Å². The molecule has 16 heavy (non-hydrogen) atoms. The Morgan fingerprint density at radius 3 is 2.75 bits per heavy atom. The first-order valence-electron chi connectivity index (χ1n) is 5.86. The molecule has 2 nitrogen and oxygen atoms in total. The van der Waals surface area contributed by atoms with E-state index in [1.807, 2.05) is 30.3 Å². The van der Waals surface area contributed by atoms with Crippen LogP contribution in [0.2, 0.25) is 0 Å². The summed E-state index contributed by atoms with van der Waals surface area (Å²) in [4.78, 5) is 11.7. The molecule has 1 aliphatic carbocycles. The van der Waals surface area contributed by atoms with Crippen LogP contribution in [0.4, 0.5) is 0 Å². The summed E-state index contributed by atoms with van der Waals surface area (Å²) in [7, 11) is 0. The van der Waals surface area contributed by atoms with Gasteiger partial charge in [0.1, 0.15) is 5.76 Å². The van der Waals surface area contributed by atoms with Gasteiger partial charge in [0.25, 0.3) is 0 Å². The molecule has 0 spiro atoms. The molecule has 0 saturated heterocycles. The lowest BCUT2D eigenvalue weighted by Gasteiger charge is -2.16. The van der Waals surface area contributed by atoms with Crippen molar-refractivity contribution in [1.29, 1.82) is 0 Å². The second kappa shape index (κ2) is 3.78. The summed E-state index contributed by atoms with van der Waals surface area (Å²) in [6.07, 6.45) is 4.30. The Bertz CT molecular complexity index is 445. The number of cyclic esters (lactones) is 1. The Kier molecular flexibility index (Phi) is 2.28. The van der Waals surface area contributed by atoms with Crippen molar-refractivity contribution in [2.24, 2.45) is 5.92 Å². The van der Waals surface area contributed by atoms with Gasteiger partial charge in [-0.3, -0.25) is 4.79 Å². The van der Waals surface area contributed by atoms with Gasteiger partial charge in [-0.05, 0) is 24.8 Å². The smallest absolute Gasteiger partial charge is 0.318 e. The molecule has 0 amide bonds. The zero-order chi connectivity index (χ0) is 11.0. The Morgan fingerprint density at radius 1 is 1.12 bits per heavy atom. The number of fused-ring (bicyclic) bond motifs is 1. The number of hydrogen-bond acceptors (Lipinski definition) is 2. The predicted octanol–water partition coefficient (Wildman–Crippen LogP) is 3.14. The van der Waals surface area contributed by atoms with Crippen LogP contribution < -0.4 is 0 Å². The van der Waals surface area contributed by atoms with Gasteiger partial charge in [0.15, 0.2) is 0 Å². The molecule has 1 aromatic carbocycles. The topological polar surface area (TPSA) is 26.3 Å². The minimum absolute atomic E-state index is 0.0453. The maximum Gasteiger partial charge on any atom is 0.318 e. The van der Waals surface area contributed by atoms with Gasteiger partial charge in [-0.2, -0.15) is 0 Å². The fraction of sp³-hybridized carbons (Fsp3) is 0.357. The van der Waals surface area contributed by atoms with E-state index in [4.69, 9.17) is 4.74 Å². The highest BCUT2D eigenvalue weighted by Gasteiger charge is 2.37. The summed E-state index contributed by atoms with van der Waals surface area (Å²) in [5.74, 6) is 0.827. The lowest BCUT2D eigenvalue weighted by atomic mass is 9.84. The molecule has 0 radical (unpaired) electrons. The Balaban J connectivity index is 2.03. The number of ether oxygens (including phenoxy) is 1. The minimum Gasteiger partial charge on any atom is -0.425 e. The van der Waals surface area contributed by atoms with Gasteiger partial charge in [-0.15, -0.1) is 0 Å². The van der Waals surface area contributed by atoms with E-state index in [1.165, 1.54) is 12.0 Å². The molecule has 2 heteroatoms. The molecular formula is C14H14O2. The molecule has 1 heterocycles. The highest BCUT2D eigenvalue weighted by atomic mass is 16.5. The molecule has 1 aromatic rings. The lowest BCUT2D eigenvalue weighted by Crippen LogP contribution is -2.14. The average molecular weight is 214 g/mol. The number of benzene rings is 1. The number of hydrogen-bond donors (Lipinski definition) is 0. The Morgan fingerprint density at radius 2 is 1.94 bits per heavy atom. The van der Waals surface area contributed by atoms with Gasteiger partial charge < -0.3 is 4.74 Å². The van der Waals surface area contributed by atoms with Crippen LogP contribution in [0.5, 0.6) is 0 Å². The van der Waals surface area contributed by atoms with E-state index in [2.05, 4.69) is 0 Å². The third kappa shape index (κ3) is 1.45. The molecule has 0 unspecified atom stereocenters. The van der Waals surface area contributed by atoms with Gasteiger partial charge in [-0.25, -0.2) is 0 Å². The molecule has 0 bridgehead atoms. The second-order valence-electron chi connectivity index (χ2n) is 4.44. The van der Waals surface area contributed by atoms with Gasteiger partial charge >= 0.3 is 5.97 Å². The maximum atomic E-state index is 11.7. The van der Waals surface area contributed by atoms with Crippen molar-refractivity contribution in [2.45, 2.75) is 25.7 Å². The monoisotopic (exact) mass is 214 g/mol. The fourth-order valence-corrected chi connectivity index (χ4v) is 2.62. The van der Waals surface area contributed by atoms with Crippen molar-refractivity contribution in [2.75, 3.05) is 0 Å². The molecule has 1 fully saturated rings. The summed E-state index contributed by atoms with van der Waals surface area (Å²) in [5, 5.41) is 0. The largest absolute Gasteiger partial charge is 0.425 e. The van der Waals surface area contributed by atoms with Crippen molar-refractivity contribution in [3.8, 4) is 0 Å². The summed E-state index contributed by atoms with van der Waals surface area (Å²) in [6.45, 7) is 0. The molecular weight excluding hydrogens is 200 g/mol. The molecule has 1 saturated carbocycles.